The second kappa shape index (κ2) is 4.45. The molecule has 0 radical (unpaired) electrons. The van der Waals surface area contributed by atoms with Crippen molar-refractivity contribution in [1.82, 2.24) is 0 Å². The molecule has 0 saturated carbocycles. The maximum Gasteiger partial charge on any atom is 0.141 e. The molecule has 0 unspecified atom stereocenters. The molecular formula is C14H14FNO. The van der Waals surface area contributed by atoms with E-state index in [0.29, 0.717) is 17.0 Å². The molecule has 2 nitrogen and oxygen atoms in total. The van der Waals surface area contributed by atoms with Gasteiger partial charge in [-0.25, -0.2) is 4.39 Å². The zero-order valence-electron chi connectivity index (χ0n) is 9.83. The fourth-order valence-corrected chi connectivity index (χ4v) is 1.76. The van der Waals surface area contributed by atoms with Crippen LogP contribution in [0.2, 0.25) is 0 Å². The third kappa shape index (κ3) is 2.23. The van der Waals surface area contributed by atoms with Crippen molar-refractivity contribution in [2.75, 3.05) is 12.8 Å². The number of nitrogens with two attached hydrogens (primary N) is 1. The van der Waals surface area contributed by atoms with Gasteiger partial charge in [-0.3, -0.25) is 0 Å². The SMILES string of the molecule is COc1ccc(-c2cc(C)ccc2F)cc1N. The lowest BCUT2D eigenvalue weighted by molar-refractivity contribution is 0.417. The van der Waals surface area contributed by atoms with E-state index in [0.717, 1.165) is 11.1 Å². The van der Waals surface area contributed by atoms with Crippen molar-refractivity contribution < 1.29 is 9.13 Å². The molecule has 2 N–H and O–H groups in total. The van der Waals surface area contributed by atoms with Crippen LogP contribution in [0, 0.1) is 12.7 Å². The monoisotopic (exact) mass is 231 g/mol. The first-order valence-electron chi connectivity index (χ1n) is 5.32. The fourth-order valence-electron chi connectivity index (χ4n) is 1.76. The van der Waals surface area contributed by atoms with Crippen LogP contribution < -0.4 is 10.5 Å². The third-order valence-corrected chi connectivity index (χ3v) is 2.66. The summed E-state index contributed by atoms with van der Waals surface area (Å²) in [6, 6.07) is 10.3. The maximum atomic E-state index is 13.7. The van der Waals surface area contributed by atoms with E-state index in [2.05, 4.69) is 0 Å². The molecule has 88 valence electrons. The Bertz CT molecular complexity index is 552. The van der Waals surface area contributed by atoms with Gasteiger partial charge in [-0.1, -0.05) is 17.7 Å². The Morgan fingerprint density at radius 2 is 1.88 bits per heavy atom. The molecule has 2 aromatic carbocycles. The molecule has 0 bridgehead atoms. The molecule has 0 amide bonds. The minimum atomic E-state index is -0.250. The van der Waals surface area contributed by atoms with Crippen LogP contribution in [-0.2, 0) is 0 Å². The molecular weight excluding hydrogens is 217 g/mol. The molecule has 0 saturated heterocycles. The average molecular weight is 231 g/mol. The van der Waals surface area contributed by atoms with Crippen LogP contribution in [0.3, 0.4) is 0 Å². The minimum Gasteiger partial charge on any atom is -0.495 e. The van der Waals surface area contributed by atoms with E-state index >= 15 is 0 Å². The first kappa shape index (κ1) is 11.5. The van der Waals surface area contributed by atoms with Crippen LogP contribution in [0.5, 0.6) is 5.75 Å². The van der Waals surface area contributed by atoms with Crippen molar-refractivity contribution in [2.45, 2.75) is 6.92 Å². The van der Waals surface area contributed by atoms with Gasteiger partial charge in [0.25, 0.3) is 0 Å². The summed E-state index contributed by atoms with van der Waals surface area (Å²) in [5.41, 5.74) is 8.63. The summed E-state index contributed by atoms with van der Waals surface area (Å²) in [5, 5.41) is 0. The zero-order valence-corrected chi connectivity index (χ0v) is 9.83. The van der Waals surface area contributed by atoms with Crippen LogP contribution in [0.15, 0.2) is 36.4 Å². The molecule has 17 heavy (non-hydrogen) atoms. The van der Waals surface area contributed by atoms with Crippen molar-refractivity contribution >= 4 is 5.69 Å². The number of ether oxygens (including phenoxy) is 1. The van der Waals surface area contributed by atoms with Crippen LogP contribution in [0.4, 0.5) is 10.1 Å². The summed E-state index contributed by atoms with van der Waals surface area (Å²) in [6.45, 7) is 1.93. The van der Waals surface area contributed by atoms with E-state index in [9.17, 15) is 4.39 Å². The summed E-state index contributed by atoms with van der Waals surface area (Å²) < 4.78 is 18.8. The highest BCUT2D eigenvalue weighted by atomic mass is 19.1. The second-order valence-electron chi connectivity index (χ2n) is 3.94. The van der Waals surface area contributed by atoms with Crippen molar-refractivity contribution in [3.05, 3.63) is 47.8 Å². The normalized spacial score (nSPS) is 10.3. The van der Waals surface area contributed by atoms with E-state index < -0.39 is 0 Å². The van der Waals surface area contributed by atoms with Crippen LogP contribution >= 0.6 is 0 Å². The number of aryl methyl sites for hydroxylation is 1. The van der Waals surface area contributed by atoms with Crippen LogP contribution in [-0.4, -0.2) is 7.11 Å². The van der Waals surface area contributed by atoms with Crippen molar-refractivity contribution in [3.63, 3.8) is 0 Å². The zero-order chi connectivity index (χ0) is 12.4. The lowest BCUT2D eigenvalue weighted by Gasteiger charge is -2.08. The molecule has 0 atom stereocenters. The highest BCUT2D eigenvalue weighted by Crippen LogP contribution is 2.30. The highest BCUT2D eigenvalue weighted by Gasteiger charge is 2.07. The Hall–Kier alpha value is -2.03. The van der Waals surface area contributed by atoms with Crippen LogP contribution in [0.1, 0.15) is 5.56 Å². The molecule has 0 spiro atoms. The molecule has 0 aromatic heterocycles. The number of hydrogen-bond donors (Lipinski definition) is 1. The largest absolute Gasteiger partial charge is 0.495 e. The van der Waals surface area contributed by atoms with Gasteiger partial charge in [0.15, 0.2) is 0 Å². The molecule has 0 aliphatic heterocycles. The minimum absolute atomic E-state index is 0.250. The predicted molar refractivity (Wildman–Crippen MR) is 67.5 cm³/mol. The summed E-state index contributed by atoms with van der Waals surface area (Å²) >= 11 is 0. The van der Waals surface area contributed by atoms with Crippen molar-refractivity contribution in [2.24, 2.45) is 0 Å². The quantitative estimate of drug-likeness (QED) is 0.804. The van der Waals surface area contributed by atoms with Crippen molar-refractivity contribution in [3.8, 4) is 16.9 Å². The Morgan fingerprint density at radius 1 is 1.12 bits per heavy atom. The van der Waals surface area contributed by atoms with Gasteiger partial charge in [-0.15, -0.1) is 0 Å². The highest BCUT2D eigenvalue weighted by molar-refractivity contribution is 5.71. The van der Waals surface area contributed by atoms with Gasteiger partial charge in [-0.2, -0.15) is 0 Å². The van der Waals surface area contributed by atoms with E-state index in [1.54, 1.807) is 37.4 Å². The first-order chi connectivity index (χ1) is 8.11. The molecule has 0 fully saturated rings. The van der Waals surface area contributed by atoms with Gasteiger partial charge in [0.05, 0.1) is 12.8 Å². The number of hydrogen-bond acceptors (Lipinski definition) is 2. The maximum absolute atomic E-state index is 13.7. The van der Waals surface area contributed by atoms with E-state index in [1.807, 2.05) is 6.92 Å². The predicted octanol–water partition coefficient (Wildman–Crippen LogP) is 3.39. The smallest absolute Gasteiger partial charge is 0.141 e. The summed E-state index contributed by atoms with van der Waals surface area (Å²) in [7, 11) is 1.55. The summed E-state index contributed by atoms with van der Waals surface area (Å²) in [6.07, 6.45) is 0. The van der Waals surface area contributed by atoms with Gasteiger partial charge < -0.3 is 10.5 Å². The molecule has 0 aliphatic rings. The van der Waals surface area contributed by atoms with Gasteiger partial charge >= 0.3 is 0 Å². The number of methoxy groups -OCH3 is 1. The molecule has 2 rings (SSSR count). The third-order valence-electron chi connectivity index (χ3n) is 2.66. The van der Waals surface area contributed by atoms with Gasteiger partial charge in [0.2, 0.25) is 0 Å². The number of halogens is 1. The van der Waals surface area contributed by atoms with Crippen molar-refractivity contribution in [1.29, 1.82) is 0 Å². The Labute approximate surface area is 99.8 Å². The molecule has 3 heteroatoms. The second-order valence-corrected chi connectivity index (χ2v) is 3.94. The standard InChI is InChI=1S/C14H14FNO/c1-9-3-5-12(15)11(7-9)10-4-6-14(17-2)13(16)8-10/h3-8H,16H2,1-2H3. The lowest BCUT2D eigenvalue weighted by atomic mass is 10.0. The van der Waals surface area contributed by atoms with Crippen LogP contribution in [0.25, 0.3) is 11.1 Å². The number of nitrogen functional groups attached to an aromatic ring is 1. The summed E-state index contributed by atoms with van der Waals surface area (Å²) in [5.74, 6) is 0.349. The number of anilines is 1. The van der Waals surface area contributed by atoms with E-state index in [-0.39, 0.29) is 5.82 Å². The number of rotatable bonds is 2. The first-order valence-corrected chi connectivity index (χ1v) is 5.32. The summed E-state index contributed by atoms with van der Waals surface area (Å²) in [4.78, 5) is 0. The van der Waals surface area contributed by atoms with Gasteiger partial charge in [-0.05, 0) is 36.8 Å². The molecule has 2 aromatic rings. The van der Waals surface area contributed by atoms with E-state index in [4.69, 9.17) is 10.5 Å². The fraction of sp³-hybridized carbons (Fsp3) is 0.143. The average Bonchev–Trinajstić information content (AvgIpc) is 2.32. The Morgan fingerprint density at radius 3 is 2.53 bits per heavy atom. The Balaban J connectivity index is 2.53. The van der Waals surface area contributed by atoms with Gasteiger partial charge in [0.1, 0.15) is 11.6 Å². The van der Waals surface area contributed by atoms with Gasteiger partial charge in [0, 0.05) is 5.56 Å². The Kier molecular flexibility index (Phi) is 3.00. The van der Waals surface area contributed by atoms with E-state index in [1.165, 1.54) is 6.07 Å². The lowest BCUT2D eigenvalue weighted by Crippen LogP contribution is -1.93. The molecule has 0 heterocycles. The molecule has 0 aliphatic carbocycles. The topological polar surface area (TPSA) is 35.2 Å². The number of benzene rings is 2.